The number of nitrogens with zero attached hydrogens (tertiary/aromatic N) is 1. The molecular formula is C13H20N2. The first-order valence-corrected chi connectivity index (χ1v) is 5.88. The van der Waals surface area contributed by atoms with Crippen molar-refractivity contribution in [2.24, 2.45) is 11.8 Å². The van der Waals surface area contributed by atoms with Crippen LogP contribution in [0.25, 0.3) is 0 Å². The molecule has 1 fully saturated rings. The standard InChI is InChI=1S/C13H20N2/c1-10-11(6-7-13(10)14-2)9-12-5-3-4-8-15-12/h3-5,8,10-11,13-14H,6-7,9H2,1-2H3. The summed E-state index contributed by atoms with van der Waals surface area (Å²) in [6.45, 7) is 2.36. The van der Waals surface area contributed by atoms with Gasteiger partial charge in [0.2, 0.25) is 0 Å². The molecule has 0 bridgehead atoms. The highest BCUT2D eigenvalue weighted by molar-refractivity contribution is 5.05. The first-order valence-electron chi connectivity index (χ1n) is 5.88. The molecule has 0 amide bonds. The fourth-order valence-electron chi connectivity index (χ4n) is 2.73. The van der Waals surface area contributed by atoms with Crippen LogP contribution in [-0.4, -0.2) is 18.1 Å². The summed E-state index contributed by atoms with van der Waals surface area (Å²) in [5.74, 6) is 1.58. The van der Waals surface area contributed by atoms with Gasteiger partial charge < -0.3 is 5.32 Å². The quantitative estimate of drug-likeness (QED) is 0.817. The molecule has 0 saturated heterocycles. The first-order chi connectivity index (χ1) is 7.31. The van der Waals surface area contributed by atoms with Crippen molar-refractivity contribution in [2.45, 2.75) is 32.2 Å². The third-order valence-electron chi connectivity index (χ3n) is 3.79. The third kappa shape index (κ3) is 2.37. The van der Waals surface area contributed by atoms with Crippen molar-refractivity contribution in [2.75, 3.05) is 7.05 Å². The number of hydrogen-bond acceptors (Lipinski definition) is 2. The number of rotatable bonds is 3. The second-order valence-corrected chi connectivity index (χ2v) is 4.62. The van der Waals surface area contributed by atoms with Gasteiger partial charge in [0.1, 0.15) is 0 Å². The fourth-order valence-corrected chi connectivity index (χ4v) is 2.73. The highest BCUT2D eigenvalue weighted by atomic mass is 14.9. The van der Waals surface area contributed by atoms with E-state index in [4.69, 9.17) is 0 Å². The highest BCUT2D eigenvalue weighted by Crippen LogP contribution is 2.33. The van der Waals surface area contributed by atoms with E-state index in [2.05, 4.69) is 36.4 Å². The number of aromatic nitrogens is 1. The van der Waals surface area contributed by atoms with Crippen molar-refractivity contribution < 1.29 is 0 Å². The van der Waals surface area contributed by atoms with Crippen LogP contribution in [0.5, 0.6) is 0 Å². The number of hydrogen-bond donors (Lipinski definition) is 1. The van der Waals surface area contributed by atoms with E-state index in [1.54, 1.807) is 0 Å². The molecule has 3 unspecified atom stereocenters. The molecule has 0 aliphatic heterocycles. The summed E-state index contributed by atoms with van der Waals surface area (Å²) in [5, 5.41) is 3.41. The second kappa shape index (κ2) is 4.75. The van der Waals surface area contributed by atoms with Crippen molar-refractivity contribution >= 4 is 0 Å². The molecule has 82 valence electrons. The summed E-state index contributed by atoms with van der Waals surface area (Å²) in [5.41, 5.74) is 1.24. The first kappa shape index (κ1) is 10.6. The van der Waals surface area contributed by atoms with E-state index in [0.717, 1.165) is 18.3 Å². The van der Waals surface area contributed by atoms with Gasteiger partial charge >= 0.3 is 0 Å². The molecule has 1 N–H and O–H groups in total. The van der Waals surface area contributed by atoms with Crippen LogP contribution >= 0.6 is 0 Å². The third-order valence-corrected chi connectivity index (χ3v) is 3.79. The van der Waals surface area contributed by atoms with Gasteiger partial charge in [0.05, 0.1) is 0 Å². The Labute approximate surface area is 92.1 Å². The van der Waals surface area contributed by atoms with Crippen LogP contribution in [0, 0.1) is 11.8 Å². The van der Waals surface area contributed by atoms with Crippen LogP contribution in [-0.2, 0) is 6.42 Å². The van der Waals surface area contributed by atoms with Gasteiger partial charge in [0.25, 0.3) is 0 Å². The Morgan fingerprint density at radius 3 is 2.87 bits per heavy atom. The Kier molecular flexibility index (Phi) is 3.37. The molecule has 1 aromatic rings. The monoisotopic (exact) mass is 204 g/mol. The van der Waals surface area contributed by atoms with E-state index in [-0.39, 0.29) is 0 Å². The van der Waals surface area contributed by atoms with Crippen molar-refractivity contribution in [3.8, 4) is 0 Å². The van der Waals surface area contributed by atoms with Gasteiger partial charge in [0, 0.05) is 17.9 Å². The van der Waals surface area contributed by atoms with Crippen LogP contribution in [0.1, 0.15) is 25.5 Å². The molecule has 1 aromatic heterocycles. The van der Waals surface area contributed by atoms with E-state index < -0.39 is 0 Å². The topological polar surface area (TPSA) is 24.9 Å². The Bertz CT molecular complexity index is 297. The molecule has 3 atom stereocenters. The SMILES string of the molecule is CNC1CCC(Cc2ccccn2)C1C. The molecule has 1 saturated carbocycles. The van der Waals surface area contributed by atoms with E-state index in [0.29, 0.717) is 6.04 Å². The maximum Gasteiger partial charge on any atom is 0.0406 e. The second-order valence-electron chi connectivity index (χ2n) is 4.62. The van der Waals surface area contributed by atoms with Crippen LogP contribution in [0.4, 0.5) is 0 Å². The van der Waals surface area contributed by atoms with E-state index in [9.17, 15) is 0 Å². The molecule has 15 heavy (non-hydrogen) atoms. The molecule has 1 heterocycles. The summed E-state index contributed by atoms with van der Waals surface area (Å²) < 4.78 is 0. The lowest BCUT2D eigenvalue weighted by molar-refractivity contribution is 0.362. The Balaban J connectivity index is 1.96. The van der Waals surface area contributed by atoms with Gasteiger partial charge in [-0.1, -0.05) is 13.0 Å². The average molecular weight is 204 g/mol. The summed E-state index contributed by atoms with van der Waals surface area (Å²) in [7, 11) is 2.07. The van der Waals surface area contributed by atoms with Crippen molar-refractivity contribution in [1.29, 1.82) is 0 Å². The van der Waals surface area contributed by atoms with Crippen molar-refractivity contribution in [3.05, 3.63) is 30.1 Å². The van der Waals surface area contributed by atoms with Gasteiger partial charge in [-0.15, -0.1) is 0 Å². The summed E-state index contributed by atoms with van der Waals surface area (Å²) in [6, 6.07) is 6.91. The molecule has 0 aromatic carbocycles. The fraction of sp³-hybridized carbons (Fsp3) is 0.615. The lowest BCUT2D eigenvalue weighted by Crippen LogP contribution is -2.29. The van der Waals surface area contributed by atoms with E-state index in [1.165, 1.54) is 18.5 Å². The van der Waals surface area contributed by atoms with Crippen molar-refractivity contribution in [3.63, 3.8) is 0 Å². The van der Waals surface area contributed by atoms with Crippen molar-refractivity contribution in [1.82, 2.24) is 10.3 Å². The van der Waals surface area contributed by atoms with Crippen LogP contribution in [0.2, 0.25) is 0 Å². The summed E-state index contributed by atoms with van der Waals surface area (Å²) in [4.78, 5) is 4.41. The molecule has 2 heteroatoms. The molecule has 1 aliphatic carbocycles. The zero-order valence-electron chi connectivity index (χ0n) is 9.61. The largest absolute Gasteiger partial charge is 0.317 e. The molecular weight excluding hydrogens is 184 g/mol. The summed E-state index contributed by atoms with van der Waals surface area (Å²) >= 11 is 0. The van der Waals surface area contributed by atoms with Gasteiger partial charge in [0.15, 0.2) is 0 Å². The van der Waals surface area contributed by atoms with Gasteiger partial charge in [-0.05, 0) is 50.3 Å². The maximum atomic E-state index is 4.41. The molecule has 0 radical (unpaired) electrons. The minimum absolute atomic E-state index is 0.707. The lowest BCUT2D eigenvalue weighted by atomic mass is 9.91. The van der Waals surface area contributed by atoms with Crippen LogP contribution in [0.15, 0.2) is 24.4 Å². The molecule has 0 spiro atoms. The molecule has 1 aliphatic rings. The minimum atomic E-state index is 0.707. The zero-order chi connectivity index (χ0) is 10.7. The maximum absolute atomic E-state index is 4.41. The van der Waals surface area contributed by atoms with Crippen LogP contribution < -0.4 is 5.32 Å². The predicted molar refractivity (Wildman–Crippen MR) is 62.7 cm³/mol. The minimum Gasteiger partial charge on any atom is -0.317 e. The van der Waals surface area contributed by atoms with Crippen LogP contribution in [0.3, 0.4) is 0 Å². The highest BCUT2D eigenvalue weighted by Gasteiger charge is 2.31. The predicted octanol–water partition coefficient (Wildman–Crippen LogP) is 2.26. The summed E-state index contributed by atoms with van der Waals surface area (Å²) in [6.07, 6.45) is 5.68. The Morgan fingerprint density at radius 2 is 2.27 bits per heavy atom. The normalized spacial score (nSPS) is 30.7. The average Bonchev–Trinajstić information content (AvgIpc) is 2.62. The number of pyridine rings is 1. The zero-order valence-corrected chi connectivity index (χ0v) is 9.61. The molecule has 2 rings (SSSR count). The van der Waals surface area contributed by atoms with E-state index in [1.807, 2.05) is 12.3 Å². The van der Waals surface area contributed by atoms with Gasteiger partial charge in [-0.3, -0.25) is 4.98 Å². The smallest absolute Gasteiger partial charge is 0.0406 e. The van der Waals surface area contributed by atoms with Gasteiger partial charge in [-0.25, -0.2) is 0 Å². The number of nitrogens with one attached hydrogen (secondary N) is 1. The van der Waals surface area contributed by atoms with E-state index >= 15 is 0 Å². The Hall–Kier alpha value is -0.890. The Morgan fingerprint density at radius 1 is 1.40 bits per heavy atom. The van der Waals surface area contributed by atoms with Gasteiger partial charge in [-0.2, -0.15) is 0 Å². The lowest BCUT2D eigenvalue weighted by Gasteiger charge is -2.19. The molecule has 2 nitrogen and oxygen atoms in total.